The predicted octanol–water partition coefficient (Wildman–Crippen LogP) is 4.44. The third-order valence-electron chi connectivity index (χ3n) is 3.59. The number of anilines is 1. The summed E-state index contributed by atoms with van der Waals surface area (Å²) >= 11 is 0. The molecule has 0 amide bonds. The molecule has 1 heterocycles. The van der Waals surface area contributed by atoms with Crippen molar-refractivity contribution >= 4 is 5.69 Å². The largest absolute Gasteiger partial charge is 0.366 e. The highest BCUT2D eigenvalue weighted by molar-refractivity contribution is 5.61. The molecular weight excluding hydrogens is 218 g/mol. The van der Waals surface area contributed by atoms with Gasteiger partial charge in [-0.1, -0.05) is 32.9 Å². The summed E-state index contributed by atoms with van der Waals surface area (Å²) in [5, 5.41) is 0. The average Bonchev–Trinajstić information content (AvgIpc) is 2.56. The van der Waals surface area contributed by atoms with Gasteiger partial charge in [-0.3, -0.25) is 0 Å². The first-order valence-corrected chi connectivity index (χ1v) is 7.06. The summed E-state index contributed by atoms with van der Waals surface area (Å²) in [6.45, 7) is 15.0. The maximum atomic E-state index is 2.55. The molecule has 1 heteroatoms. The molecule has 0 fully saturated rings. The second-order valence-corrected chi connectivity index (χ2v) is 7.77. The molecule has 100 valence electrons. The molecule has 18 heavy (non-hydrogen) atoms. The molecule has 1 nitrogen and oxygen atoms in total. The van der Waals surface area contributed by atoms with Crippen LogP contribution in [0.25, 0.3) is 0 Å². The average molecular weight is 245 g/mol. The Morgan fingerprint density at radius 2 is 1.72 bits per heavy atom. The molecule has 1 aliphatic rings. The first-order valence-electron chi connectivity index (χ1n) is 7.06. The van der Waals surface area contributed by atoms with E-state index in [9.17, 15) is 0 Å². The van der Waals surface area contributed by atoms with Gasteiger partial charge in [0.2, 0.25) is 0 Å². The van der Waals surface area contributed by atoms with Crippen LogP contribution < -0.4 is 4.90 Å². The van der Waals surface area contributed by atoms with Crippen LogP contribution in [0.4, 0.5) is 5.69 Å². The fourth-order valence-electron chi connectivity index (χ4n) is 2.84. The van der Waals surface area contributed by atoms with Gasteiger partial charge in [-0.15, -0.1) is 0 Å². The molecule has 0 aromatic heterocycles. The van der Waals surface area contributed by atoms with Crippen LogP contribution in [-0.2, 0) is 12.8 Å². The van der Waals surface area contributed by atoms with Crippen molar-refractivity contribution in [3.63, 3.8) is 0 Å². The van der Waals surface area contributed by atoms with Crippen LogP contribution >= 0.6 is 0 Å². The van der Waals surface area contributed by atoms with E-state index in [-0.39, 0.29) is 5.54 Å². The van der Waals surface area contributed by atoms with Gasteiger partial charge in [0.05, 0.1) is 0 Å². The minimum atomic E-state index is 0.228. The van der Waals surface area contributed by atoms with E-state index < -0.39 is 0 Å². The Labute approximate surface area is 112 Å². The van der Waals surface area contributed by atoms with E-state index in [2.05, 4.69) is 64.6 Å². The van der Waals surface area contributed by atoms with Crippen molar-refractivity contribution in [1.29, 1.82) is 0 Å². The summed E-state index contributed by atoms with van der Waals surface area (Å²) in [4.78, 5) is 2.55. The van der Waals surface area contributed by atoms with Gasteiger partial charge in [0.25, 0.3) is 0 Å². The standard InChI is InChI=1S/C17H27N/c1-16(2,3)12-13-7-8-14-9-10-18(15(14)11-13)17(4,5)6/h7-8,11H,9-10,12H2,1-6H3. The molecule has 0 aliphatic carbocycles. The molecule has 0 bridgehead atoms. The molecular formula is C17H27N. The van der Waals surface area contributed by atoms with E-state index >= 15 is 0 Å². The van der Waals surface area contributed by atoms with Crippen LogP contribution in [0.5, 0.6) is 0 Å². The van der Waals surface area contributed by atoms with Crippen molar-refractivity contribution in [2.45, 2.75) is 59.9 Å². The quantitative estimate of drug-likeness (QED) is 0.707. The van der Waals surface area contributed by atoms with Crippen LogP contribution in [0, 0.1) is 5.41 Å². The molecule has 1 aromatic rings. The van der Waals surface area contributed by atoms with Gasteiger partial charge in [-0.25, -0.2) is 0 Å². The zero-order valence-electron chi connectivity index (χ0n) is 12.8. The van der Waals surface area contributed by atoms with Gasteiger partial charge in [0.1, 0.15) is 0 Å². The Balaban J connectivity index is 2.31. The van der Waals surface area contributed by atoms with Crippen LogP contribution in [0.15, 0.2) is 18.2 Å². The van der Waals surface area contributed by atoms with Crippen molar-refractivity contribution in [3.8, 4) is 0 Å². The lowest BCUT2D eigenvalue weighted by molar-refractivity contribution is 0.411. The van der Waals surface area contributed by atoms with Crippen LogP contribution in [0.2, 0.25) is 0 Å². The summed E-state index contributed by atoms with van der Waals surface area (Å²) in [6.07, 6.45) is 2.35. The molecule has 0 spiro atoms. The van der Waals surface area contributed by atoms with Crippen molar-refractivity contribution in [1.82, 2.24) is 0 Å². The zero-order valence-corrected chi connectivity index (χ0v) is 12.8. The Morgan fingerprint density at radius 3 is 2.28 bits per heavy atom. The molecule has 0 N–H and O–H groups in total. The molecule has 0 saturated carbocycles. The Hall–Kier alpha value is -0.980. The number of hydrogen-bond acceptors (Lipinski definition) is 1. The Bertz CT molecular complexity index is 432. The second-order valence-electron chi connectivity index (χ2n) is 7.77. The monoisotopic (exact) mass is 245 g/mol. The van der Waals surface area contributed by atoms with Gasteiger partial charge in [-0.2, -0.15) is 0 Å². The SMILES string of the molecule is CC(C)(C)Cc1ccc2c(c1)N(C(C)(C)C)CC2. The van der Waals surface area contributed by atoms with E-state index in [1.165, 1.54) is 23.2 Å². The van der Waals surface area contributed by atoms with Crippen LogP contribution in [0.3, 0.4) is 0 Å². The number of hydrogen-bond donors (Lipinski definition) is 0. The molecule has 1 aromatic carbocycles. The zero-order chi connectivity index (χ0) is 13.6. The van der Waals surface area contributed by atoms with Gasteiger partial charge >= 0.3 is 0 Å². The van der Waals surface area contributed by atoms with Gasteiger partial charge in [0.15, 0.2) is 0 Å². The van der Waals surface area contributed by atoms with E-state index in [4.69, 9.17) is 0 Å². The van der Waals surface area contributed by atoms with E-state index in [1.54, 1.807) is 0 Å². The predicted molar refractivity (Wildman–Crippen MR) is 80.4 cm³/mol. The maximum absolute atomic E-state index is 2.55. The van der Waals surface area contributed by atoms with Gasteiger partial charge in [-0.05, 0) is 56.2 Å². The number of nitrogens with zero attached hydrogens (tertiary/aromatic N) is 1. The fourth-order valence-corrected chi connectivity index (χ4v) is 2.84. The topological polar surface area (TPSA) is 3.24 Å². The lowest BCUT2D eigenvalue weighted by Crippen LogP contribution is -2.40. The summed E-state index contributed by atoms with van der Waals surface area (Å²) < 4.78 is 0. The molecule has 0 atom stereocenters. The van der Waals surface area contributed by atoms with Crippen molar-refractivity contribution in [2.75, 3.05) is 11.4 Å². The first kappa shape index (κ1) is 13.5. The Morgan fingerprint density at radius 1 is 1.06 bits per heavy atom. The normalized spacial score (nSPS) is 16.0. The summed E-state index contributed by atoms with van der Waals surface area (Å²) in [6, 6.07) is 7.07. The highest BCUT2D eigenvalue weighted by atomic mass is 15.2. The van der Waals surface area contributed by atoms with E-state index in [1.807, 2.05) is 0 Å². The highest BCUT2D eigenvalue weighted by Crippen LogP contribution is 2.35. The molecule has 0 unspecified atom stereocenters. The van der Waals surface area contributed by atoms with Gasteiger partial charge < -0.3 is 4.90 Å². The number of benzene rings is 1. The van der Waals surface area contributed by atoms with Crippen LogP contribution in [-0.4, -0.2) is 12.1 Å². The minimum absolute atomic E-state index is 0.228. The lowest BCUT2D eigenvalue weighted by atomic mass is 9.87. The lowest BCUT2D eigenvalue weighted by Gasteiger charge is -2.35. The number of rotatable bonds is 1. The molecule has 0 radical (unpaired) electrons. The van der Waals surface area contributed by atoms with E-state index in [0.29, 0.717) is 5.41 Å². The third kappa shape index (κ3) is 2.88. The second kappa shape index (κ2) is 4.29. The summed E-state index contributed by atoms with van der Waals surface area (Å²) in [5.41, 5.74) is 5.04. The van der Waals surface area contributed by atoms with Crippen molar-refractivity contribution in [2.24, 2.45) is 5.41 Å². The van der Waals surface area contributed by atoms with Gasteiger partial charge in [0, 0.05) is 17.8 Å². The Kier molecular flexibility index (Phi) is 3.21. The molecule has 1 aliphatic heterocycles. The van der Waals surface area contributed by atoms with Crippen LogP contribution in [0.1, 0.15) is 52.7 Å². The first-order chi connectivity index (χ1) is 8.17. The third-order valence-corrected chi connectivity index (χ3v) is 3.59. The maximum Gasteiger partial charge on any atom is 0.0406 e. The summed E-state index contributed by atoms with van der Waals surface area (Å²) in [7, 11) is 0. The highest BCUT2D eigenvalue weighted by Gasteiger charge is 2.28. The minimum Gasteiger partial charge on any atom is -0.366 e. The number of fused-ring (bicyclic) bond motifs is 1. The fraction of sp³-hybridized carbons (Fsp3) is 0.647. The van der Waals surface area contributed by atoms with E-state index in [0.717, 1.165) is 13.0 Å². The van der Waals surface area contributed by atoms with Crippen molar-refractivity contribution < 1.29 is 0 Å². The summed E-state index contributed by atoms with van der Waals surface area (Å²) in [5.74, 6) is 0. The smallest absolute Gasteiger partial charge is 0.0406 e. The van der Waals surface area contributed by atoms with Crippen molar-refractivity contribution in [3.05, 3.63) is 29.3 Å². The molecule has 2 rings (SSSR count). The molecule has 0 saturated heterocycles.